The molecule has 0 radical (unpaired) electrons. The number of nitrogens with one attached hydrogen (secondary N) is 3. The number of hydrogen-bond acceptors (Lipinski definition) is 2. The normalized spacial score (nSPS) is 16.8. The monoisotopic (exact) mass is 285 g/mol. The minimum absolute atomic E-state index is 0.102. The minimum atomic E-state index is -0.753. The van der Waals surface area contributed by atoms with Crippen LogP contribution in [0.1, 0.15) is 36.0 Å². The molecule has 1 aromatic heterocycles. The summed E-state index contributed by atoms with van der Waals surface area (Å²) in [5.41, 5.74) is 0.736. The molecule has 1 saturated carbocycles. The van der Waals surface area contributed by atoms with Gasteiger partial charge in [-0.1, -0.05) is 18.9 Å². The lowest BCUT2D eigenvalue weighted by atomic mass is 9.95. The first-order valence-electron chi connectivity index (χ1n) is 7.26. The number of benzene rings is 1. The van der Waals surface area contributed by atoms with Gasteiger partial charge in [0, 0.05) is 24.3 Å². The number of carbonyl (C=O) groups excluding carboxylic acids is 2. The van der Waals surface area contributed by atoms with Crippen molar-refractivity contribution in [1.82, 2.24) is 15.6 Å². The third-order valence-corrected chi connectivity index (χ3v) is 4.29. The van der Waals surface area contributed by atoms with Gasteiger partial charge in [0.05, 0.1) is 0 Å². The van der Waals surface area contributed by atoms with Crippen LogP contribution in [-0.4, -0.2) is 29.4 Å². The predicted octanol–water partition coefficient (Wildman–Crippen LogP) is 1.96. The van der Waals surface area contributed by atoms with Crippen molar-refractivity contribution in [3.63, 3.8) is 0 Å². The lowest BCUT2D eigenvalue weighted by Gasteiger charge is -2.28. The Kier molecular flexibility index (Phi) is 3.41. The fourth-order valence-corrected chi connectivity index (χ4v) is 3.11. The van der Waals surface area contributed by atoms with Gasteiger partial charge in [0.15, 0.2) is 0 Å². The Balaban J connectivity index is 1.85. The Morgan fingerprint density at radius 2 is 1.95 bits per heavy atom. The average Bonchev–Trinajstić information content (AvgIpc) is 3.14. The third-order valence-electron chi connectivity index (χ3n) is 4.29. The lowest BCUT2D eigenvalue weighted by molar-refractivity contribution is -0.126. The fourth-order valence-electron chi connectivity index (χ4n) is 3.11. The largest absolute Gasteiger partial charge is 0.361 e. The standard InChI is InChI=1S/C16H19N3O2/c1-17-15(21)16(7-2-3-8-16)19-14(20)12-5-4-11-6-9-18-13(11)10-12/h4-6,9-10,18H,2-3,7-8H2,1H3,(H,17,21)(H,19,20). The first-order chi connectivity index (χ1) is 10.1. The van der Waals surface area contributed by atoms with Crippen LogP contribution in [0, 0.1) is 0 Å². The average molecular weight is 285 g/mol. The van der Waals surface area contributed by atoms with Crippen molar-refractivity contribution < 1.29 is 9.59 Å². The SMILES string of the molecule is CNC(=O)C1(NC(=O)c2ccc3cc[nH]c3c2)CCCC1. The van der Waals surface area contributed by atoms with Crippen molar-refractivity contribution in [3.8, 4) is 0 Å². The highest BCUT2D eigenvalue weighted by atomic mass is 16.2. The molecule has 2 amide bonds. The summed E-state index contributed by atoms with van der Waals surface area (Å²) < 4.78 is 0. The molecule has 0 bridgehead atoms. The second-order valence-corrected chi connectivity index (χ2v) is 5.60. The second-order valence-electron chi connectivity index (χ2n) is 5.60. The number of aromatic amines is 1. The zero-order valence-electron chi connectivity index (χ0n) is 12.0. The van der Waals surface area contributed by atoms with Crippen molar-refractivity contribution in [3.05, 3.63) is 36.0 Å². The number of rotatable bonds is 3. The van der Waals surface area contributed by atoms with Gasteiger partial charge in [-0.25, -0.2) is 0 Å². The Morgan fingerprint density at radius 1 is 1.19 bits per heavy atom. The molecule has 5 nitrogen and oxygen atoms in total. The minimum Gasteiger partial charge on any atom is -0.361 e. The molecule has 2 aromatic rings. The second kappa shape index (κ2) is 5.24. The number of fused-ring (bicyclic) bond motifs is 1. The summed E-state index contributed by atoms with van der Waals surface area (Å²) in [4.78, 5) is 27.7. The van der Waals surface area contributed by atoms with Gasteiger partial charge in [0.25, 0.3) is 5.91 Å². The molecule has 0 aliphatic heterocycles. The molecule has 1 aromatic carbocycles. The van der Waals surface area contributed by atoms with E-state index in [4.69, 9.17) is 0 Å². The van der Waals surface area contributed by atoms with E-state index in [1.54, 1.807) is 13.1 Å². The summed E-state index contributed by atoms with van der Waals surface area (Å²) in [6.07, 6.45) is 5.16. The maximum Gasteiger partial charge on any atom is 0.252 e. The van der Waals surface area contributed by atoms with Crippen LogP contribution >= 0.6 is 0 Å². The van der Waals surface area contributed by atoms with Gasteiger partial charge in [0.2, 0.25) is 5.91 Å². The molecule has 1 aliphatic carbocycles. The van der Waals surface area contributed by atoms with Crippen molar-refractivity contribution in [2.45, 2.75) is 31.2 Å². The molecule has 5 heteroatoms. The van der Waals surface area contributed by atoms with Crippen LogP contribution in [0.25, 0.3) is 10.9 Å². The van der Waals surface area contributed by atoms with Crippen LogP contribution in [0.15, 0.2) is 30.5 Å². The summed E-state index contributed by atoms with van der Waals surface area (Å²) in [6.45, 7) is 0. The van der Waals surface area contributed by atoms with Crippen LogP contribution in [0.3, 0.4) is 0 Å². The van der Waals surface area contributed by atoms with Crippen molar-refractivity contribution in [2.24, 2.45) is 0 Å². The van der Waals surface area contributed by atoms with Gasteiger partial charge in [-0.2, -0.15) is 0 Å². The molecule has 21 heavy (non-hydrogen) atoms. The van der Waals surface area contributed by atoms with Crippen LogP contribution < -0.4 is 10.6 Å². The summed E-state index contributed by atoms with van der Waals surface area (Å²) in [5, 5.41) is 6.68. The number of amides is 2. The van der Waals surface area contributed by atoms with E-state index in [0.29, 0.717) is 18.4 Å². The maximum atomic E-state index is 12.5. The zero-order chi connectivity index (χ0) is 14.9. The van der Waals surface area contributed by atoms with E-state index in [2.05, 4.69) is 15.6 Å². The van der Waals surface area contributed by atoms with Crippen LogP contribution in [0.4, 0.5) is 0 Å². The third kappa shape index (κ3) is 2.39. The summed E-state index contributed by atoms with van der Waals surface area (Å²) in [6, 6.07) is 7.47. The van der Waals surface area contributed by atoms with Gasteiger partial charge in [-0.3, -0.25) is 9.59 Å². The maximum absolute atomic E-state index is 12.5. The van der Waals surface area contributed by atoms with Gasteiger partial charge in [-0.15, -0.1) is 0 Å². The highest BCUT2D eigenvalue weighted by Gasteiger charge is 2.41. The Labute approximate surface area is 123 Å². The van der Waals surface area contributed by atoms with Crippen LogP contribution in [0.2, 0.25) is 0 Å². The first kappa shape index (κ1) is 13.7. The molecular formula is C16H19N3O2. The van der Waals surface area contributed by atoms with E-state index >= 15 is 0 Å². The molecule has 0 atom stereocenters. The number of aromatic nitrogens is 1. The molecule has 3 rings (SSSR count). The molecule has 0 saturated heterocycles. The molecule has 110 valence electrons. The van der Waals surface area contributed by atoms with E-state index < -0.39 is 5.54 Å². The Hall–Kier alpha value is -2.30. The van der Waals surface area contributed by atoms with Crippen LogP contribution in [-0.2, 0) is 4.79 Å². The number of carbonyl (C=O) groups is 2. The lowest BCUT2D eigenvalue weighted by Crippen LogP contribution is -2.56. The van der Waals surface area contributed by atoms with E-state index in [9.17, 15) is 9.59 Å². The smallest absolute Gasteiger partial charge is 0.252 e. The molecular weight excluding hydrogens is 266 g/mol. The topological polar surface area (TPSA) is 74.0 Å². The molecule has 1 aliphatic rings. The van der Waals surface area contributed by atoms with Gasteiger partial charge in [0.1, 0.15) is 5.54 Å². The summed E-state index contributed by atoms with van der Waals surface area (Å²) in [5.74, 6) is -0.300. The molecule has 1 fully saturated rings. The summed E-state index contributed by atoms with van der Waals surface area (Å²) >= 11 is 0. The first-order valence-corrected chi connectivity index (χ1v) is 7.26. The molecule has 3 N–H and O–H groups in total. The zero-order valence-corrected chi connectivity index (χ0v) is 12.0. The number of H-pyrrole nitrogens is 1. The molecule has 1 heterocycles. The fraction of sp³-hybridized carbons (Fsp3) is 0.375. The van der Waals surface area contributed by atoms with Crippen molar-refractivity contribution >= 4 is 22.7 Å². The van der Waals surface area contributed by atoms with E-state index in [1.807, 2.05) is 24.4 Å². The van der Waals surface area contributed by atoms with Crippen molar-refractivity contribution in [1.29, 1.82) is 0 Å². The number of likely N-dealkylation sites (N-methyl/N-ethyl adjacent to an activating group) is 1. The van der Waals surface area contributed by atoms with E-state index in [-0.39, 0.29) is 11.8 Å². The number of hydrogen-bond donors (Lipinski definition) is 3. The quantitative estimate of drug-likeness (QED) is 0.806. The summed E-state index contributed by atoms with van der Waals surface area (Å²) in [7, 11) is 1.61. The van der Waals surface area contributed by atoms with Gasteiger partial charge in [-0.05, 0) is 36.4 Å². The van der Waals surface area contributed by atoms with E-state index in [1.165, 1.54) is 0 Å². The molecule has 0 spiro atoms. The highest BCUT2D eigenvalue weighted by Crippen LogP contribution is 2.30. The Morgan fingerprint density at radius 3 is 2.67 bits per heavy atom. The Bertz CT molecular complexity index is 684. The molecule has 0 unspecified atom stereocenters. The highest BCUT2D eigenvalue weighted by molar-refractivity contribution is 6.01. The van der Waals surface area contributed by atoms with E-state index in [0.717, 1.165) is 23.7 Å². The van der Waals surface area contributed by atoms with Gasteiger partial charge >= 0.3 is 0 Å². The predicted molar refractivity (Wildman–Crippen MR) is 81.0 cm³/mol. The van der Waals surface area contributed by atoms with Crippen LogP contribution in [0.5, 0.6) is 0 Å². The van der Waals surface area contributed by atoms with Crippen molar-refractivity contribution in [2.75, 3.05) is 7.05 Å². The van der Waals surface area contributed by atoms with Gasteiger partial charge < -0.3 is 15.6 Å².